The van der Waals surface area contributed by atoms with Gasteiger partial charge < -0.3 is 111 Å². The summed E-state index contributed by atoms with van der Waals surface area (Å²) < 4.78 is 15.6. The molecule has 0 radical (unpaired) electrons. The van der Waals surface area contributed by atoms with Crippen molar-refractivity contribution in [1.29, 1.82) is 0 Å². The summed E-state index contributed by atoms with van der Waals surface area (Å²) in [6, 6.07) is 35.5. The van der Waals surface area contributed by atoms with Crippen molar-refractivity contribution in [2.45, 2.75) is 233 Å². The van der Waals surface area contributed by atoms with Gasteiger partial charge in [0.25, 0.3) is 0 Å². The minimum absolute atomic E-state index is 0. The van der Waals surface area contributed by atoms with Crippen LogP contribution in [0.15, 0.2) is 109 Å². The highest BCUT2D eigenvalue weighted by atomic mass is 32.1. The Morgan fingerprint density at radius 3 is 0.917 bits per heavy atom. The minimum atomic E-state index is -0.0475. The Kier molecular flexibility index (Phi) is 59.2. The molecule has 0 amide bonds. The van der Waals surface area contributed by atoms with Gasteiger partial charge >= 0.3 is 0 Å². The first-order valence-corrected chi connectivity index (χ1v) is 44.1. The zero-order valence-corrected chi connectivity index (χ0v) is 84.7. The van der Waals surface area contributed by atoms with E-state index < -0.39 is 0 Å². The number of ether oxygens (including phenoxy) is 3. The van der Waals surface area contributed by atoms with E-state index in [0.29, 0.717) is 43.1 Å². The van der Waals surface area contributed by atoms with Crippen LogP contribution in [0.2, 0.25) is 0 Å². The molecule has 0 fully saturated rings. The lowest BCUT2D eigenvalue weighted by Crippen LogP contribution is -2.24. The SMILES string of the molecule is CCCC[C@@H](CCO)Nc1nc(N)nc2cc(C)ccc12.CCCC[C@@H](CCO)Nc1nc(N)nc2ccc(C)cc12.CCCC[C@@H](CCO)Nc1nc(N)nc2cccc(C)c12.CCCC[C@@H](CO)Nc1nc(N)nc2cc(OC)ccc12.CCCC[C@@H](CO)Nc1nc(N)nc2ccc(OC)cc12.CCC[C@@H](CCO)Nc1nc(N)nc2cc(OC)ccc12.S.S.S.S.S.S. The van der Waals surface area contributed by atoms with Gasteiger partial charge in [0.2, 0.25) is 35.7 Å². The molecular weight excluding hydrogens is 1790 g/mol. The van der Waals surface area contributed by atoms with Crippen LogP contribution in [0.4, 0.5) is 70.6 Å². The zero-order chi connectivity index (χ0) is 91.5. The summed E-state index contributed by atoms with van der Waals surface area (Å²) in [5.74, 6) is 7.89. The summed E-state index contributed by atoms with van der Waals surface area (Å²) >= 11 is 0. The fraction of sp³-hybridized carbons (Fsp3) is 0.484. The quantitative estimate of drug-likeness (QED) is 0.0169. The number of aromatic nitrogens is 12. The number of aliphatic hydroxyl groups excluding tert-OH is 6. The largest absolute Gasteiger partial charge is 0.497 e. The van der Waals surface area contributed by atoms with Crippen LogP contribution in [0.1, 0.15) is 193 Å². The maximum atomic E-state index is 9.49. The van der Waals surface area contributed by atoms with Crippen LogP contribution >= 0.6 is 81.0 Å². The number of aliphatic hydroxyl groups is 6. The molecule has 732 valence electrons. The summed E-state index contributed by atoms with van der Waals surface area (Å²) in [4.78, 5) is 51.4. The van der Waals surface area contributed by atoms with E-state index in [0.717, 1.165) is 226 Å². The first-order chi connectivity index (χ1) is 60.9. The van der Waals surface area contributed by atoms with Gasteiger partial charge in [-0.15, -0.1) is 0 Å². The van der Waals surface area contributed by atoms with Crippen LogP contribution in [-0.4, -0.2) is 188 Å². The van der Waals surface area contributed by atoms with Gasteiger partial charge in [0, 0.05) is 95.0 Å². The van der Waals surface area contributed by atoms with Crippen molar-refractivity contribution in [2.75, 3.05) is 127 Å². The Labute approximate surface area is 819 Å². The molecule has 6 aromatic heterocycles. The third kappa shape index (κ3) is 38.7. The maximum absolute atomic E-state index is 9.49. The fourth-order valence-electron chi connectivity index (χ4n) is 14.3. The number of fused-ring (bicyclic) bond motifs is 6. The number of nitrogens with one attached hydrogen (secondary N) is 6. The fourth-order valence-corrected chi connectivity index (χ4v) is 14.3. The molecule has 0 saturated heterocycles. The third-order valence-electron chi connectivity index (χ3n) is 21.0. The predicted octanol–water partition coefficient (Wildman–Crippen LogP) is 15.8. The number of hydrogen-bond acceptors (Lipinski definition) is 33. The highest BCUT2D eigenvalue weighted by Crippen LogP contribution is 2.33. The zero-order valence-electron chi connectivity index (χ0n) is 78.7. The van der Waals surface area contributed by atoms with Crippen molar-refractivity contribution >= 4 is 217 Å². The predicted molar refractivity (Wildman–Crippen MR) is 578 cm³/mol. The molecule has 6 heterocycles. The van der Waals surface area contributed by atoms with Crippen LogP contribution in [0, 0.1) is 20.8 Å². The first-order valence-electron chi connectivity index (χ1n) is 44.1. The van der Waals surface area contributed by atoms with Gasteiger partial charge in [-0.25, -0.2) is 29.9 Å². The average molecular weight is 1940 g/mol. The summed E-state index contributed by atoms with van der Waals surface area (Å²) in [6.45, 7) is 19.7. The van der Waals surface area contributed by atoms with Crippen LogP contribution in [0.3, 0.4) is 0 Å². The number of aryl methyl sites for hydroxylation is 3. The van der Waals surface area contributed by atoms with E-state index in [1.54, 1.807) is 21.3 Å². The first kappa shape index (κ1) is 120. The van der Waals surface area contributed by atoms with Gasteiger partial charge in [-0.2, -0.15) is 111 Å². The monoisotopic (exact) mass is 1940 g/mol. The van der Waals surface area contributed by atoms with E-state index >= 15 is 0 Å². The molecule has 0 bridgehead atoms. The number of nitrogens with zero attached hydrogens (tertiary/aromatic N) is 12. The Morgan fingerprint density at radius 1 is 0.273 bits per heavy atom. The van der Waals surface area contributed by atoms with Crippen LogP contribution in [0.5, 0.6) is 17.2 Å². The molecule has 0 spiro atoms. The van der Waals surface area contributed by atoms with Crippen molar-refractivity contribution in [3.05, 3.63) is 126 Å². The smallest absolute Gasteiger partial charge is 0.222 e. The normalized spacial score (nSPS) is 11.9. The molecule has 0 aliphatic rings. The standard InChI is InChI=1S/3C16H24N4O.3C15H22N4O2.6H2S/c1-3-4-7-12(9-10-21)18-15-14-11(2)6-5-8-13(14)19-16(17)20-15;1-3-4-5-12(8-9-21)18-15-13-10-11(2)6-7-14(13)19-16(17)20-15;1-3-4-5-12(8-9-21)18-15-13-7-6-11(2)10-14(13)19-16(17)20-15;1-3-4-10(7-8-20)17-14-12-6-5-11(21-2)9-13(12)18-15(16)19-14;1-3-4-5-10(9-20)17-14-12-8-11(21-2)6-7-13(12)18-15(16)19-14;1-3-4-5-10(9-20)17-14-12-7-6-11(21-2)8-13(12)18-15(16)19-14;;;;;;/h5-6,8,12,21H,3-4,7,9-10H2,1-2H3,(H3,17,18,19,20);2*6-7,10,12,21H,3-5,8-9H2,1-2H3,(H3,17,18,19,20);5-6,9-10,20H,3-4,7-8H2,1-2H3,(H3,16,17,18,19);2*6-8,10,20H,3-5,9H2,1-2H3,(H3,16,17,18,19);6*1H2/t3*12-;3*10-;;;;;;/m000000....../s1. The van der Waals surface area contributed by atoms with Gasteiger partial charge in [-0.05, 0) is 169 Å². The Balaban J connectivity index is 0.000000785. The van der Waals surface area contributed by atoms with Crippen molar-refractivity contribution in [3.8, 4) is 17.2 Å². The van der Waals surface area contributed by atoms with E-state index in [1.807, 2.05) is 124 Å². The lowest BCUT2D eigenvalue weighted by Gasteiger charge is -2.20. The molecule has 0 unspecified atom stereocenters. The maximum Gasteiger partial charge on any atom is 0.222 e. The molecule has 12 aromatic rings. The third-order valence-corrected chi connectivity index (χ3v) is 21.0. The Bertz CT molecular complexity index is 5290. The van der Waals surface area contributed by atoms with Gasteiger partial charge in [0.1, 0.15) is 52.2 Å². The van der Waals surface area contributed by atoms with Gasteiger partial charge in [0.15, 0.2) is 0 Å². The molecule has 0 aliphatic heterocycles. The summed E-state index contributed by atoms with van der Waals surface area (Å²) in [7, 11) is 4.84. The van der Waals surface area contributed by atoms with E-state index in [4.69, 9.17) is 53.7 Å². The molecule has 0 saturated carbocycles. The molecule has 132 heavy (non-hydrogen) atoms. The highest BCUT2D eigenvalue weighted by Gasteiger charge is 2.21. The van der Waals surface area contributed by atoms with Gasteiger partial charge in [0.05, 0.1) is 79.7 Å². The van der Waals surface area contributed by atoms with Crippen molar-refractivity contribution in [3.63, 3.8) is 0 Å². The van der Waals surface area contributed by atoms with E-state index in [9.17, 15) is 25.5 Å². The Hall–Kier alpha value is -9.78. The van der Waals surface area contributed by atoms with Crippen LogP contribution in [0.25, 0.3) is 65.4 Å². The number of anilines is 12. The molecule has 6 atom stereocenters. The number of nitrogen functional groups attached to an aromatic ring is 6. The Morgan fingerprint density at radius 2 is 0.553 bits per heavy atom. The summed E-state index contributed by atoms with van der Waals surface area (Å²) in [6.07, 6.45) is 20.6. The lowest BCUT2D eigenvalue weighted by atomic mass is 10.1. The van der Waals surface area contributed by atoms with Crippen molar-refractivity contribution in [2.24, 2.45) is 0 Å². The molecule has 6 aromatic carbocycles. The highest BCUT2D eigenvalue weighted by molar-refractivity contribution is 7.60. The van der Waals surface area contributed by atoms with E-state index in [2.05, 4.69) is 139 Å². The molecule has 39 heteroatoms. The van der Waals surface area contributed by atoms with Crippen molar-refractivity contribution in [1.82, 2.24) is 59.8 Å². The second-order valence-electron chi connectivity index (χ2n) is 31.2. The number of nitrogens with two attached hydrogens (primary N) is 6. The summed E-state index contributed by atoms with van der Waals surface area (Å²) in [5.41, 5.74) is 42.9. The lowest BCUT2D eigenvalue weighted by molar-refractivity contribution is 0.267. The number of hydrogen-bond donors (Lipinski definition) is 18. The van der Waals surface area contributed by atoms with E-state index in [1.165, 1.54) is 0 Å². The number of rotatable bonds is 42. The topological polar surface area (TPSA) is 532 Å². The van der Waals surface area contributed by atoms with Crippen molar-refractivity contribution < 1.29 is 44.8 Å². The van der Waals surface area contributed by atoms with E-state index in [-0.39, 0.29) is 193 Å². The van der Waals surface area contributed by atoms with Gasteiger partial charge in [-0.1, -0.05) is 142 Å². The number of unbranched alkanes of at least 4 members (excludes halogenated alkanes) is 5. The number of methoxy groups -OCH3 is 3. The molecular formula is C93H150N24O9S6. The number of benzene rings is 6. The average Bonchev–Trinajstić information content (AvgIpc) is 0.795. The second kappa shape index (κ2) is 65.0. The summed E-state index contributed by atoms with van der Waals surface area (Å²) in [5, 5.41) is 81.6. The second-order valence-corrected chi connectivity index (χ2v) is 31.2. The molecule has 0 aliphatic carbocycles. The van der Waals surface area contributed by atoms with Crippen LogP contribution in [-0.2, 0) is 0 Å². The molecule has 12 rings (SSSR count). The minimum Gasteiger partial charge on any atom is -0.497 e. The van der Waals surface area contributed by atoms with Crippen LogP contribution < -0.4 is 80.5 Å². The molecule has 24 N–H and O–H groups in total. The van der Waals surface area contributed by atoms with Gasteiger partial charge in [-0.3, -0.25) is 0 Å². The molecule has 33 nitrogen and oxygen atoms in total.